The van der Waals surface area contributed by atoms with Gasteiger partial charge in [0.05, 0.1) is 13.2 Å². The summed E-state index contributed by atoms with van der Waals surface area (Å²) in [5, 5.41) is 0. The molecule has 0 aromatic heterocycles. The van der Waals surface area contributed by atoms with Crippen molar-refractivity contribution < 1.29 is 35.4 Å². The third-order valence-corrected chi connectivity index (χ3v) is 9.31. The summed E-state index contributed by atoms with van der Waals surface area (Å²) in [5.74, 6) is -0.565. The minimum atomic E-state index is -4.73. The van der Waals surface area contributed by atoms with Gasteiger partial charge < -0.3 is 20.9 Å². The summed E-state index contributed by atoms with van der Waals surface area (Å²) in [6.45, 7) is 0.614. The van der Waals surface area contributed by atoms with Crippen molar-refractivity contribution in [1.29, 1.82) is 0 Å². The largest absolute Gasteiger partial charge is 0.491 e. The Morgan fingerprint density at radius 2 is 1.00 bits per heavy atom. The molecular formula is C31H32N2O8S2. The fraction of sp³-hybridized carbons (Fsp3) is 0.226. The average Bonchev–Trinajstić information content (AvgIpc) is 3.33. The van der Waals surface area contributed by atoms with E-state index in [1.807, 2.05) is 60.7 Å². The second-order valence-electron chi connectivity index (χ2n) is 10.3. The molecule has 0 saturated carbocycles. The van der Waals surface area contributed by atoms with Crippen molar-refractivity contribution in [3.8, 4) is 22.6 Å². The van der Waals surface area contributed by atoms with Gasteiger partial charge in [0.15, 0.2) is 0 Å². The lowest BCUT2D eigenvalue weighted by Gasteiger charge is -2.19. The number of fused-ring (bicyclic) bond motifs is 3. The predicted octanol–water partition coefficient (Wildman–Crippen LogP) is 3.99. The van der Waals surface area contributed by atoms with Crippen LogP contribution in [-0.2, 0) is 26.7 Å². The van der Waals surface area contributed by atoms with Crippen molar-refractivity contribution in [3.63, 3.8) is 0 Å². The fourth-order valence-corrected chi connectivity index (χ4v) is 6.54. The van der Waals surface area contributed by atoms with Gasteiger partial charge >= 0.3 is 0 Å². The molecule has 0 saturated heterocycles. The van der Waals surface area contributed by atoms with Gasteiger partial charge in [0.1, 0.15) is 21.3 Å². The Morgan fingerprint density at radius 1 is 0.628 bits per heavy atom. The van der Waals surface area contributed by atoms with E-state index in [2.05, 4.69) is 0 Å². The fourth-order valence-electron chi connectivity index (χ4n) is 5.26. The Balaban J connectivity index is 1.49. The Labute approximate surface area is 250 Å². The molecule has 4 aromatic carbocycles. The Bertz CT molecular complexity index is 1700. The lowest BCUT2D eigenvalue weighted by atomic mass is 10.0. The van der Waals surface area contributed by atoms with Crippen molar-refractivity contribution in [2.24, 2.45) is 11.5 Å². The number of hydrogen-bond acceptors (Lipinski definition) is 8. The standard InChI is InChI=1S/C31H32N2O8S2/c32-16-24(20-7-3-1-4-8-20)18-40-28-12-22-11-23-13-29(41-19-25(17-33)21-9-5-2-6-10-21)31(43(37,38)39)15-27(23)26(22)14-30(28)42(34,35)36/h1-10,12-15,24-25H,11,16-19,32-33H2,(H,34,35,36)(H,37,38,39). The van der Waals surface area contributed by atoms with Crippen LogP contribution in [0.15, 0.2) is 94.7 Å². The van der Waals surface area contributed by atoms with Crippen molar-refractivity contribution in [2.75, 3.05) is 26.3 Å². The molecule has 0 amide bonds. The molecule has 0 fully saturated rings. The number of ether oxygens (including phenoxy) is 2. The lowest BCUT2D eigenvalue weighted by Crippen LogP contribution is -2.20. The SMILES string of the molecule is NCC(COc1cc2c(cc1S(=O)(=O)O)-c1cc(S(=O)(=O)O)c(OCC(CN)c3ccccc3)cc1C2)c1ccccc1. The molecule has 0 heterocycles. The first-order chi connectivity index (χ1) is 20.5. The smallest absolute Gasteiger partial charge is 0.298 e. The van der Waals surface area contributed by atoms with E-state index < -0.39 is 30.0 Å². The summed E-state index contributed by atoms with van der Waals surface area (Å²) in [5.41, 5.74) is 15.8. The Morgan fingerprint density at radius 3 is 1.33 bits per heavy atom. The highest BCUT2D eigenvalue weighted by atomic mass is 32.2. The summed E-state index contributed by atoms with van der Waals surface area (Å²) < 4.78 is 81.6. The van der Waals surface area contributed by atoms with Gasteiger partial charge in [0.2, 0.25) is 0 Å². The molecule has 2 atom stereocenters. The van der Waals surface area contributed by atoms with Gasteiger partial charge in [-0.05, 0) is 64.1 Å². The second kappa shape index (κ2) is 12.4. The van der Waals surface area contributed by atoms with Gasteiger partial charge in [0, 0.05) is 24.9 Å². The molecule has 12 heteroatoms. The van der Waals surface area contributed by atoms with E-state index >= 15 is 0 Å². The van der Waals surface area contributed by atoms with Crippen LogP contribution in [0.2, 0.25) is 0 Å². The Hall–Kier alpha value is -3.78. The zero-order chi connectivity index (χ0) is 30.8. The van der Waals surface area contributed by atoms with Gasteiger partial charge in [0.25, 0.3) is 20.2 Å². The summed E-state index contributed by atoms with van der Waals surface area (Å²) in [6, 6.07) is 24.3. The highest BCUT2D eigenvalue weighted by molar-refractivity contribution is 7.86. The van der Waals surface area contributed by atoms with Crippen LogP contribution in [0.25, 0.3) is 11.1 Å². The van der Waals surface area contributed by atoms with E-state index in [4.69, 9.17) is 20.9 Å². The summed E-state index contributed by atoms with van der Waals surface area (Å²) in [6.07, 6.45) is 0.299. The second-order valence-corrected chi connectivity index (χ2v) is 13.1. The minimum Gasteiger partial charge on any atom is -0.491 e. The quantitative estimate of drug-likeness (QED) is 0.148. The number of benzene rings is 4. The maximum atomic E-state index is 12.4. The molecule has 4 aromatic rings. The van der Waals surface area contributed by atoms with Crippen LogP contribution in [0.4, 0.5) is 0 Å². The highest BCUT2D eigenvalue weighted by Gasteiger charge is 2.30. The van der Waals surface area contributed by atoms with Crippen LogP contribution in [-0.4, -0.2) is 52.2 Å². The van der Waals surface area contributed by atoms with Gasteiger partial charge in [-0.2, -0.15) is 16.8 Å². The molecule has 43 heavy (non-hydrogen) atoms. The molecular weight excluding hydrogens is 592 g/mol. The highest BCUT2D eigenvalue weighted by Crippen LogP contribution is 2.45. The van der Waals surface area contributed by atoms with E-state index in [0.29, 0.717) is 28.7 Å². The van der Waals surface area contributed by atoms with E-state index in [1.54, 1.807) is 0 Å². The van der Waals surface area contributed by atoms with Gasteiger partial charge in [-0.15, -0.1) is 0 Å². The minimum absolute atomic E-state index is 0.0523. The number of hydrogen-bond donors (Lipinski definition) is 4. The first-order valence-corrected chi connectivity index (χ1v) is 16.4. The van der Waals surface area contributed by atoms with Crippen LogP contribution in [0.1, 0.15) is 34.1 Å². The molecule has 0 radical (unpaired) electrons. The number of nitrogens with two attached hydrogens (primary N) is 2. The van der Waals surface area contributed by atoms with Crippen LogP contribution in [0, 0.1) is 0 Å². The molecule has 0 bridgehead atoms. The molecule has 1 aliphatic rings. The van der Waals surface area contributed by atoms with E-state index in [0.717, 1.165) is 11.1 Å². The Kier molecular flexibility index (Phi) is 8.88. The third-order valence-electron chi connectivity index (χ3n) is 7.56. The van der Waals surface area contributed by atoms with E-state index in [1.165, 1.54) is 24.3 Å². The zero-order valence-electron chi connectivity index (χ0n) is 23.1. The molecule has 226 valence electrons. The lowest BCUT2D eigenvalue weighted by molar-refractivity contribution is 0.282. The summed E-state index contributed by atoms with van der Waals surface area (Å²) >= 11 is 0. The van der Waals surface area contributed by atoms with Gasteiger partial charge in [-0.1, -0.05) is 60.7 Å². The van der Waals surface area contributed by atoms with E-state index in [-0.39, 0.29) is 49.6 Å². The zero-order valence-corrected chi connectivity index (χ0v) is 24.7. The van der Waals surface area contributed by atoms with Crippen molar-refractivity contribution in [3.05, 3.63) is 107 Å². The topological polar surface area (TPSA) is 179 Å². The number of rotatable bonds is 12. The maximum absolute atomic E-state index is 12.4. The van der Waals surface area contributed by atoms with Crippen molar-refractivity contribution >= 4 is 20.2 Å². The summed E-state index contributed by atoms with van der Waals surface area (Å²) in [7, 11) is -9.46. The first kappa shape index (κ1) is 30.7. The third kappa shape index (κ3) is 6.74. The monoisotopic (exact) mass is 624 g/mol. The van der Waals surface area contributed by atoms with Crippen LogP contribution < -0.4 is 20.9 Å². The van der Waals surface area contributed by atoms with E-state index in [9.17, 15) is 25.9 Å². The van der Waals surface area contributed by atoms with Crippen molar-refractivity contribution in [2.45, 2.75) is 28.0 Å². The predicted molar refractivity (Wildman–Crippen MR) is 162 cm³/mol. The van der Waals surface area contributed by atoms with Crippen molar-refractivity contribution in [1.82, 2.24) is 0 Å². The van der Waals surface area contributed by atoms with Crippen LogP contribution in [0.3, 0.4) is 0 Å². The van der Waals surface area contributed by atoms with Gasteiger partial charge in [-0.3, -0.25) is 9.11 Å². The van der Waals surface area contributed by atoms with Crippen LogP contribution in [0.5, 0.6) is 11.5 Å². The normalized spacial score (nSPS) is 14.0. The molecule has 2 unspecified atom stereocenters. The molecule has 10 nitrogen and oxygen atoms in total. The molecule has 0 aliphatic heterocycles. The molecule has 5 rings (SSSR count). The summed E-state index contributed by atoms with van der Waals surface area (Å²) in [4.78, 5) is -0.935. The van der Waals surface area contributed by atoms with Crippen LogP contribution >= 0.6 is 0 Å². The molecule has 1 aliphatic carbocycles. The average molecular weight is 625 g/mol. The molecule has 0 spiro atoms. The van der Waals surface area contributed by atoms with Gasteiger partial charge in [-0.25, -0.2) is 0 Å². The maximum Gasteiger partial charge on any atom is 0.298 e. The first-order valence-electron chi connectivity index (χ1n) is 13.5. The molecule has 6 N–H and O–H groups in total.